The second-order valence-electron chi connectivity index (χ2n) is 10.8. The molecule has 2 fully saturated rings. The third-order valence-electron chi connectivity index (χ3n) is 8.34. The molecule has 10 heteroatoms. The molecule has 192 valence electrons. The number of hydrogen-bond acceptors (Lipinski definition) is 9. The molecule has 0 amide bonds. The van der Waals surface area contributed by atoms with Crippen molar-refractivity contribution in [2.75, 3.05) is 39.6 Å². The second kappa shape index (κ2) is 8.25. The molecule has 8 rings (SSSR count). The number of aromatic nitrogens is 3. The quantitative estimate of drug-likeness (QED) is 0.406. The number of likely N-dealkylation sites (tertiary alicyclic amines) is 1. The number of nitrogens with one attached hydrogen (secondary N) is 1. The number of nitrogens with zero attached hydrogens (tertiary/aromatic N) is 4. The summed E-state index contributed by atoms with van der Waals surface area (Å²) in [5.74, 6) is 1.50. The van der Waals surface area contributed by atoms with Crippen molar-refractivity contribution in [2.45, 2.75) is 25.0 Å². The molecule has 1 spiro atoms. The maximum Gasteiger partial charge on any atom is 0.231 e. The van der Waals surface area contributed by atoms with Crippen LogP contribution in [0, 0.1) is 16.7 Å². The van der Waals surface area contributed by atoms with Gasteiger partial charge in [-0.15, -0.1) is 11.3 Å². The number of H-pyrrole nitrogens is 1. The largest absolute Gasteiger partial charge is 0.454 e. The van der Waals surface area contributed by atoms with Gasteiger partial charge in [-0.05, 0) is 24.1 Å². The summed E-state index contributed by atoms with van der Waals surface area (Å²) >= 11 is 1.60. The fourth-order valence-electron chi connectivity index (χ4n) is 6.57. The van der Waals surface area contributed by atoms with Gasteiger partial charge in [0.15, 0.2) is 11.5 Å². The lowest BCUT2D eigenvalue weighted by Crippen LogP contribution is -2.50. The molecule has 2 saturated heterocycles. The van der Waals surface area contributed by atoms with Crippen molar-refractivity contribution in [3.63, 3.8) is 0 Å². The number of benzene rings is 1. The van der Waals surface area contributed by atoms with Crippen LogP contribution in [0.1, 0.15) is 24.0 Å². The van der Waals surface area contributed by atoms with Gasteiger partial charge in [-0.1, -0.05) is 6.07 Å². The van der Waals surface area contributed by atoms with Crippen LogP contribution in [-0.4, -0.2) is 59.5 Å². The van der Waals surface area contributed by atoms with Crippen LogP contribution in [0.15, 0.2) is 36.1 Å². The van der Waals surface area contributed by atoms with Gasteiger partial charge in [0, 0.05) is 65.9 Å². The Kier molecular flexibility index (Phi) is 4.88. The molecule has 1 atom stereocenters. The Morgan fingerprint density at radius 1 is 1.18 bits per heavy atom. The summed E-state index contributed by atoms with van der Waals surface area (Å²) in [6.45, 7) is 4.63. The zero-order valence-electron chi connectivity index (χ0n) is 20.7. The molecule has 38 heavy (non-hydrogen) atoms. The van der Waals surface area contributed by atoms with Gasteiger partial charge >= 0.3 is 0 Å². The number of rotatable bonds is 5. The van der Waals surface area contributed by atoms with Crippen LogP contribution in [0.25, 0.3) is 32.7 Å². The minimum absolute atomic E-state index is 0.0691. The lowest BCUT2D eigenvalue weighted by Gasteiger charge is -2.42. The predicted octanol–water partition coefficient (Wildman–Crippen LogP) is 4.44. The molecule has 9 nitrogen and oxygen atoms in total. The molecule has 0 unspecified atom stereocenters. The van der Waals surface area contributed by atoms with Crippen LogP contribution in [0.4, 0.5) is 0 Å². The van der Waals surface area contributed by atoms with Crippen LogP contribution in [0.3, 0.4) is 0 Å². The highest BCUT2D eigenvalue weighted by Crippen LogP contribution is 2.52. The number of ether oxygens (including phenoxy) is 4. The first-order valence-corrected chi connectivity index (χ1v) is 13.7. The summed E-state index contributed by atoms with van der Waals surface area (Å²) in [6, 6.07) is 8.49. The summed E-state index contributed by atoms with van der Waals surface area (Å²) in [4.78, 5) is 16.3. The molecule has 4 aromatic rings. The van der Waals surface area contributed by atoms with E-state index in [0.717, 1.165) is 75.8 Å². The fourth-order valence-corrected chi connectivity index (χ4v) is 7.20. The van der Waals surface area contributed by atoms with E-state index in [-0.39, 0.29) is 12.2 Å². The number of aromatic amines is 1. The first-order valence-electron chi connectivity index (χ1n) is 12.8. The van der Waals surface area contributed by atoms with E-state index in [2.05, 4.69) is 33.1 Å². The zero-order chi connectivity index (χ0) is 25.3. The number of thiazole rings is 1. The van der Waals surface area contributed by atoms with E-state index in [1.165, 1.54) is 5.56 Å². The highest BCUT2D eigenvalue weighted by Gasteiger charge is 2.50. The van der Waals surface area contributed by atoms with Crippen LogP contribution < -0.4 is 9.47 Å². The number of fused-ring (bicyclic) bond motifs is 5. The Bertz CT molecular complexity index is 1610. The smallest absolute Gasteiger partial charge is 0.231 e. The van der Waals surface area contributed by atoms with E-state index in [4.69, 9.17) is 23.9 Å². The molecule has 0 aliphatic carbocycles. The lowest BCUT2D eigenvalue weighted by atomic mass is 9.82. The molecule has 1 N–H and O–H groups in total. The van der Waals surface area contributed by atoms with Gasteiger partial charge in [-0.3, -0.25) is 9.88 Å². The maximum absolute atomic E-state index is 9.39. The number of nitriles is 1. The van der Waals surface area contributed by atoms with E-state index in [9.17, 15) is 5.26 Å². The SMILES string of the molecule is N#CCC1(CN2CC[C@]3(C2)OCc2cnc4[nH]c(-c5cncs5)c(-c5ccc6c(c5)OCO6)c4c23)COC1. The monoisotopic (exact) mass is 527 g/mol. The van der Waals surface area contributed by atoms with Gasteiger partial charge in [-0.25, -0.2) is 4.98 Å². The number of hydrogen-bond donors (Lipinski definition) is 1. The minimum atomic E-state index is -0.423. The minimum Gasteiger partial charge on any atom is -0.454 e. The predicted molar refractivity (Wildman–Crippen MR) is 140 cm³/mol. The third kappa shape index (κ3) is 3.26. The van der Waals surface area contributed by atoms with Crippen molar-refractivity contribution < 1.29 is 18.9 Å². The standard InChI is InChI=1S/C28H25N5O4S/c29-5-3-27(13-34-14-27)11-33-6-4-28(12-33)24-18(10-37-28)8-31-26-23(24)22(25(32-26)21-9-30-15-38-21)17-1-2-19-20(7-17)36-16-35-19/h1-2,7-9,15H,3-4,6,10-14,16H2,(H,31,32)/t28-/m1/s1. The second-order valence-corrected chi connectivity index (χ2v) is 11.6. The van der Waals surface area contributed by atoms with Crippen molar-refractivity contribution in [1.29, 1.82) is 5.26 Å². The van der Waals surface area contributed by atoms with Gasteiger partial charge in [0.05, 0.1) is 42.0 Å². The first kappa shape index (κ1) is 22.5. The van der Waals surface area contributed by atoms with E-state index in [1.54, 1.807) is 11.3 Å². The molecule has 0 saturated carbocycles. The molecule has 0 radical (unpaired) electrons. The maximum atomic E-state index is 9.39. The summed E-state index contributed by atoms with van der Waals surface area (Å²) in [7, 11) is 0. The molecular weight excluding hydrogens is 502 g/mol. The molecule has 1 aromatic carbocycles. The Morgan fingerprint density at radius 2 is 2.11 bits per heavy atom. The highest BCUT2D eigenvalue weighted by atomic mass is 32.1. The zero-order valence-corrected chi connectivity index (χ0v) is 21.5. The van der Waals surface area contributed by atoms with E-state index >= 15 is 0 Å². The van der Waals surface area contributed by atoms with Crippen LogP contribution in [0.5, 0.6) is 11.5 Å². The van der Waals surface area contributed by atoms with Gasteiger partial charge < -0.3 is 23.9 Å². The summed E-state index contributed by atoms with van der Waals surface area (Å²) in [5, 5.41) is 10.5. The van der Waals surface area contributed by atoms with Crippen molar-refractivity contribution in [3.8, 4) is 39.3 Å². The molecule has 4 aliphatic rings. The molecule has 7 heterocycles. The van der Waals surface area contributed by atoms with Crippen molar-refractivity contribution in [1.82, 2.24) is 19.9 Å². The van der Waals surface area contributed by atoms with E-state index < -0.39 is 5.60 Å². The summed E-state index contributed by atoms with van der Waals surface area (Å²) in [6.07, 6.45) is 5.27. The average Bonchev–Trinajstić information content (AvgIpc) is 3.73. The van der Waals surface area contributed by atoms with Crippen LogP contribution in [-0.2, 0) is 21.7 Å². The molecule has 4 aliphatic heterocycles. The topological polar surface area (TPSA) is 106 Å². The molecule has 0 bridgehead atoms. The Balaban J connectivity index is 1.28. The first-order chi connectivity index (χ1) is 18.7. The fraction of sp³-hybridized carbons (Fsp3) is 0.393. The van der Waals surface area contributed by atoms with Gasteiger partial charge in [0.2, 0.25) is 6.79 Å². The molecule has 3 aromatic heterocycles. The Labute approximate surface area is 222 Å². The number of pyridine rings is 1. The van der Waals surface area contributed by atoms with Crippen molar-refractivity contribution >= 4 is 22.4 Å². The Hall–Kier alpha value is -3.49. The normalized spacial score (nSPS) is 23.1. The Morgan fingerprint density at radius 3 is 2.92 bits per heavy atom. The van der Waals surface area contributed by atoms with Gasteiger partial charge in [0.1, 0.15) is 11.2 Å². The van der Waals surface area contributed by atoms with Crippen molar-refractivity contribution in [2.24, 2.45) is 5.41 Å². The highest BCUT2D eigenvalue weighted by molar-refractivity contribution is 7.13. The summed E-state index contributed by atoms with van der Waals surface area (Å²) < 4.78 is 23.5. The lowest BCUT2D eigenvalue weighted by molar-refractivity contribution is -0.124. The van der Waals surface area contributed by atoms with Crippen molar-refractivity contribution in [3.05, 3.63) is 47.2 Å². The molecular formula is C28H25N5O4S. The van der Waals surface area contributed by atoms with Gasteiger partial charge in [0.25, 0.3) is 0 Å². The van der Waals surface area contributed by atoms with Crippen LogP contribution in [0.2, 0.25) is 0 Å². The third-order valence-corrected chi connectivity index (χ3v) is 9.13. The van der Waals surface area contributed by atoms with Gasteiger partial charge in [-0.2, -0.15) is 5.26 Å². The summed E-state index contributed by atoms with van der Waals surface area (Å²) in [5.41, 5.74) is 7.68. The van der Waals surface area contributed by atoms with E-state index in [1.807, 2.05) is 24.0 Å². The van der Waals surface area contributed by atoms with Crippen LogP contribution >= 0.6 is 11.3 Å². The average molecular weight is 528 g/mol. The van der Waals surface area contributed by atoms with E-state index in [0.29, 0.717) is 26.2 Å².